The number of likely N-dealkylation sites (N-methyl/N-ethyl adjacent to an activating group) is 1. The molecule has 0 bridgehead atoms. The Bertz CT molecular complexity index is 660. The molecule has 142 valence electrons. The molecule has 4 rings (SSSR count). The van der Waals surface area contributed by atoms with Crippen LogP contribution in [-0.4, -0.2) is 71.7 Å². The zero-order valence-electron chi connectivity index (χ0n) is 15.2. The predicted molar refractivity (Wildman–Crippen MR) is 91.2 cm³/mol. The number of aromatic nitrogens is 2. The summed E-state index contributed by atoms with van der Waals surface area (Å²) < 4.78 is 10.7. The van der Waals surface area contributed by atoms with Crippen LogP contribution in [0.3, 0.4) is 0 Å². The normalized spacial score (nSPS) is 21.5. The molecule has 2 aliphatic heterocycles. The molecular weight excluding hydrogens is 336 g/mol. The summed E-state index contributed by atoms with van der Waals surface area (Å²) in [6.07, 6.45) is 4.24. The van der Waals surface area contributed by atoms with Crippen molar-refractivity contribution in [3.8, 4) is 0 Å². The first kappa shape index (κ1) is 17.5. The molecule has 3 fully saturated rings. The summed E-state index contributed by atoms with van der Waals surface area (Å²) in [5, 5.41) is 4.03. The van der Waals surface area contributed by atoms with Crippen LogP contribution < -0.4 is 0 Å². The number of ether oxygens (including phenoxy) is 1. The average Bonchev–Trinajstić information content (AvgIpc) is 3.38. The minimum atomic E-state index is 0.0690. The molecule has 0 unspecified atom stereocenters. The largest absolute Gasteiger partial charge is 0.381 e. The molecule has 0 radical (unpaired) electrons. The Hall–Kier alpha value is -1.96. The summed E-state index contributed by atoms with van der Waals surface area (Å²) in [6.45, 7) is 3.27. The van der Waals surface area contributed by atoms with E-state index < -0.39 is 0 Å². The van der Waals surface area contributed by atoms with Crippen molar-refractivity contribution in [1.29, 1.82) is 0 Å². The van der Waals surface area contributed by atoms with Crippen molar-refractivity contribution in [2.45, 2.75) is 38.0 Å². The van der Waals surface area contributed by atoms with Gasteiger partial charge in [0.2, 0.25) is 17.7 Å². The second kappa shape index (κ2) is 7.34. The number of rotatable bonds is 6. The van der Waals surface area contributed by atoms with Gasteiger partial charge >= 0.3 is 0 Å². The van der Waals surface area contributed by atoms with Gasteiger partial charge < -0.3 is 19.1 Å². The lowest BCUT2D eigenvalue weighted by Gasteiger charge is -2.37. The number of hydrogen-bond donors (Lipinski definition) is 0. The lowest BCUT2D eigenvalue weighted by Crippen LogP contribution is -2.49. The van der Waals surface area contributed by atoms with E-state index in [0.29, 0.717) is 51.0 Å². The molecule has 8 heteroatoms. The second-order valence-electron chi connectivity index (χ2n) is 7.66. The number of amides is 2. The predicted octanol–water partition coefficient (Wildman–Crippen LogP) is 0.833. The van der Waals surface area contributed by atoms with E-state index in [1.54, 1.807) is 4.90 Å². The van der Waals surface area contributed by atoms with E-state index in [4.69, 9.17) is 9.26 Å². The van der Waals surface area contributed by atoms with Gasteiger partial charge in [-0.05, 0) is 25.7 Å². The zero-order valence-corrected chi connectivity index (χ0v) is 15.2. The van der Waals surface area contributed by atoms with E-state index in [1.807, 2.05) is 11.9 Å². The molecule has 1 aromatic rings. The van der Waals surface area contributed by atoms with Crippen molar-refractivity contribution >= 4 is 11.8 Å². The standard InChI is InChI=1S/C18H26N4O4/c1-21(17(23)13-5-8-25-9-6-13)7-4-15-19-16(26-20-15)14-10-22(11-14)18(24)12-2-3-12/h12-14H,2-11H2,1H3. The number of carbonyl (C=O) groups excluding carboxylic acids is 2. The van der Waals surface area contributed by atoms with Gasteiger partial charge in [0.1, 0.15) is 0 Å². The number of likely N-dealkylation sites (tertiary alicyclic amines) is 1. The third-order valence-electron chi connectivity index (χ3n) is 5.57. The molecule has 3 heterocycles. The summed E-state index contributed by atoms with van der Waals surface area (Å²) in [5.41, 5.74) is 0. The lowest BCUT2D eigenvalue weighted by molar-refractivity contribution is -0.138. The van der Waals surface area contributed by atoms with E-state index >= 15 is 0 Å². The molecule has 26 heavy (non-hydrogen) atoms. The van der Waals surface area contributed by atoms with Gasteiger partial charge in [-0.1, -0.05) is 5.16 Å². The van der Waals surface area contributed by atoms with Crippen molar-refractivity contribution in [3.05, 3.63) is 11.7 Å². The summed E-state index contributed by atoms with van der Waals surface area (Å²) >= 11 is 0. The van der Waals surface area contributed by atoms with Gasteiger partial charge in [-0.3, -0.25) is 9.59 Å². The summed E-state index contributed by atoms with van der Waals surface area (Å²) in [4.78, 5) is 32.5. The second-order valence-corrected chi connectivity index (χ2v) is 7.66. The van der Waals surface area contributed by atoms with Crippen LogP contribution in [-0.2, 0) is 20.7 Å². The van der Waals surface area contributed by atoms with Gasteiger partial charge in [0, 0.05) is 58.2 Å². The van der Waals surface area contributed by atoms with Gasteiger partial charge in [0.15, 0.2) is 5.82 Å². The quantitative estimate of drug-likeness (QED) is 0.745. The summed E-state index contributed by atoms with van der Waals surface area (Å²) in [7, 11) is 1.83. The Morgan fingerprint density at radius 3 is 2.58 bits per heavy atom. The fraction of sp³-hybridized carbons (Fsp3) is 0.778. The lowest BCUT2D eigenvalue weighted by atomic mass is 9.99. The van der Waals surface area contributed by atoms with Gasteiger partial charge in [-0.2, -0.15) is 4.98 Å². The van der Waals surface area contributed by atoms with Crippen molar-refractivity contribution in [2.24, 2.45) is 11.8 Å². The molecule has 0 spiro atoms. The third-order valence-corrected chi connectivity index (χ3v) is 5.57. The summed E-state index contributed by atoms with van der Waals surface area (Å²) in [6, 6.07) is 0. The SMILES string of the molecule is CN(CCc1noc(C2CN(C(=O)C3CC3)C2)n1)C(=O)C1CCOCC1. The van der Waals surface area contributed by atoms with Crippen LogP contribution in [0.1, 0.15) is 43.3 Å². The maximum absolute atomic E-state index is 12.4. The highest BCUT2D eigenvalue weighted by Crippen LogP contribution is 2.35. The fourth-order valence-corrected chi connectivity index (χ4v) is 3.57. The Kier molecular flexibility index (Phi) is 4.93. The van der Waals surface area contributed by atoms with Crippen molar-refractivity contribution in [3.63, 3.8) is 0 Å². The smallest absolute Gasteiger partial charge is 0.233 e. The molecule has 1 saturated carbocycles. The molecule has 8 nitrogen and oxygen atoms in total. The van der Waals surface area contributed by atoms with Crippen molar-refractivity contribution < 1.29 is 18.8 Å². The molecule has 2 saturated heterocycles. The Labute approximate surface area is 152 Å². The Morgan fingerprint density at radius 1 is 1.15 bits per heavy atom. The summed E-state index contributed by atoms with van der Waals surface area (Å²) in [5.74, 6) is 2.16. The maximum Gasteiger partial charge on any atom is 0.233 e. The number of hydrogen-bond acceptors (Lipinski definition) is 6. The van der Waals surface area contributed by atoms with Gasteiger partial charge in [0.25, 0.3) is 0 Å². The molecule has 0 atom stereocenters. The molecular formula is C18H26N4O4. The van der Waals surface area contributed by atoms with E-state index in [2.05, 4.69) is 10.1 Å². The van der Waals surface area contributed by atoms with Crippen LogP contribution in [0.5, 0.6) is 0 Å². The minimum absolute atomic E-state index is 0.0690. The first-order chi connectivity index (χ1) is 12.6. The van der Waals surface area contributed by atoms with Crippen LogP contribution in [0, 0.1) is 11.8 Å². The topological polar surface area (TPSA) is 88.8 Å². The molecule has 2 amide bonds. The van der Waals surface area contributed by atoms with Gasteiger partial charge in [-0.25, -0.2) is 0 Å². The van der Waals surface area contributed by atoms with Crippen LogP contribution in [0.4, 0.5) is 0 Å². The van der Waals surface area contributed by atoms with E-state index in [0.717, 1.165) is 25.7 Å². The first-order valence-electron chi connectivity index (χ1n) is 9.56. The fourth-order valence-electron chi connectivity index (χ4n) is 3.57. The van der Waals surface area contributed by atoms with Crippen LogP contribution in [0.15, 0.2) is 4.52 Å². The molecule has 3 aliphatic rings. The maximum atomic E-state index is 12.4. The Morgan fingerprint density at radius 2 is 1.88 bits per heavy atom. The van der Waals surface area contributed by atoms with Crippen molar-refractivity contribution in [1.82, 2.24) is 19.9 Å². The zero-order chi connectivity index (χ0) is 18.1. The highest BCUT2D eigenvalue weighted by atomic mass is 16.5. The first-order valence-corrected chi connectivity index (χ1v) is 9.56. The van der Waals surface area contributed by atoms with Gasteiger partial charge in [0.05, 0.1) is 5.92 Å². The van der Waals surface area contributed by atoms with Crippen LogP contribution >= 0.6 is 0 Å². The van der Waals surface area contributed by atoms with E-state index in [-0.39, 0.29) is 29.6 Å². The highest BCUT2D eigenvalue weighted by molar-refractivity contribution is 5.82. The average molecular weight is 362 g/mol. The van der Waals surface area contributed by atoms with Crippen LogP contribution in [0.2, 0.25) is 0 Å². The molecule has 1 aromatic heterocycles. The Balaban J connectivity index is 1.22. The van der Waals surface area contributed by atoms with Gasteiger partial charge in [-0.15, -0.1) is 0 Å². The highest BCUT2D eigenvalue weighted by Gasteiger charge is 2.41. The molecule has 1 aliphatic carbocycles. The van der Waals surface area contributed by atoms with Crippen molar-refractivity contribution in [2.75, 3.05) is 39.9 Å². The van der Waals surface area contributed by atoms with Crippen LogP contribution in [0.25, 0.3) is 0 Å². The van der Waals surface area contributed by atoms with E-state index in [1.165, 1.54) is 0 Å². The molecule has 0 N–H and O–H groups in total. The number of nitrogens with zero attached hydrogens (tertiary/aromatic N) is 4. The van der Waals surface area contributed by atoms with E-state index in [9.17, 15) is 9.59 Å². The molecule has 0 aromatic carbocycles. The third kappa shape index (κ3) is 3.75. The number of carbonyl (C=O) groups is 2. The monoisotopic (exact) mass is 362 g/mol. The minimum Gasteiger partial charge on any atom is -0.381 e.